The number of aromatic nitrogens is 3. The summed E-state index contributed by atoms with van der Waals surface area (Å²) in [7, 11) is 0. The van der Waals surface area contributed by atoms with Crippen molar-refractivity contribution in [2.24, 2.45) is 4.99 Å². The molecule has 0 radical (unpaired) electrons. The molecule has 2 heterocycles. The van der Waals surface area contributed by atoms with E-state index in [9.17, 15) is 4.39 Å². The molecule has 140 valence electrons. The first kappa shape index (κ1) is 18.8. The molecule has 2 aromatic rings. The molecule has 1 aromatic heterocycles. The largest absolute Gasteiger partial charge is 0.357 e. The van der Waals surface area contributed by atoms with Crippen LogP contribution in [0.15, 0.2) is 27.7 Å². The first-order valence-corrected chi connectivity index (χ1v) is 9.79. The van der Waals surface area contributed by atoms with Crippen LogP contribution in [0.5, 0.6) is 0 Å². The maximum atomic E-state index is 13.7. The molecule has 0 saturated heterocycles. The number of benzene rings is 1. The summed E-state index contributed by atoms with van der Waals surface area (Å²) < 4.78 is 16.1. The lowest BCUT2D eigenvalue weighted by atomic mass is 10.1. The fourth-order valence-electron chi connectivity index (χ4n) is 2.95. The molecule has 0 spiro atoms. The molecule has 0 bridgehead atoms. The van der Waals surface area contributed by atoms with Gasteiger partial charge in [0.05, 0.1) is 17.6 Å². The van der Waals surface area contributed by atoms with Crippen LogP contribution in [0.3, 0.4) is 0 Å². The zero-order valence-electron chi connectivity index (χ0n) is 15.1. The molecule has 0 amide bonds. The van der Waals surface area contributed by atoms with Crippen molar-refractivity contribution in [2.45, 2.75) is 52.2 Å². The Hall–Kier alpha value is -1.96. The summed E-state index contributed by atoms with van der Waals surface area (Å²) in [6.45, 7) is 6.06. The van der Waals surface area contributed by atoms with E-state index in [4.69, 9.17) is 0 Å². The number of aliphatic imine (C=N–C) groups is 1. The van der Waals surface area contributed by atoms with E-state index in [0.717, 1.165) is 55.5 Å². The van der Waals surface area contributed by atoms with Gasteiger partial charge in [0.25, 0.3) is 0 Å². The van der Waals surface area contributed by atoms with Crippen molar-refractivity contribution in [3.05, 3.63) is 45.7 Å². The van der Waals surface area contributed by atoms with Crippen molar-refractivity contribution in [2.75, 3.05) is 6.54 Å². The van der Waals surface area contributed by atoms with E-state index in [0.29, 0.717) is 11.0 Å². The van der Waals surface area contributed by atoms with Gasteiger partial charge in [-0.05, 0) is 47.0 Å². The summed E-state index contributed by atoms with van der Waals surface area (Å²) in [4.78, 5) is 9.14. The molecule has 0 fully saturated rings. The summed E-state index contributed by atoms with van der Waals surface area (Å²) in [5.41, 5.74) is 0.831. The van der Waals surface area contributed by atoms with Crippen LogP contribution in [0, 0.1) is 5.82 Å². The van der Waals surface area contributed by atoms with Crippen molar-refractivity contribution >= 4 is 21.9 Å². The molecule has 1 aromatic carbocycles. The molecule has 0 saturated carbocycles. The molecule has 1 unspecified atom stereocenters. The van der Waals surface area contributed by atoms with Crippen LogP contribution in [0.25, 0.3) is 0 Å². The van der Waals surface area contributed by atoms with Crippen LogP contribution in [-0.4, -0.2) is 33.3 Å². The Morgan fingerprint density at radius 1 is 1.42 bits per heavy atom. The minimum atomic E-state index is -0.270. The van der Waals surface area contributed by atoms with Gasteiger partial charge in [0, 0.05) is 25.4 Å². The second-order valence-electron chi connectivity index (χ2n) is 6.30. The number of rotatable bonds is 5. The van der Waals surface area contributed by atoms with Crippen molar-refractivity contribution in [1.82, 2.24) is 25.4 Å². The van der Waals surface area contributed by atoms with Crippen LogP contribution >= 0.6 is 15.9 Å². The Morgan fingerprint density at radius 2 is 2.27 bits per heavy atom. The van der Waals surface area contributed by atoms with E-state index in [2.05, 4.69) is 48.6 Å². The summed E-state index contributed by atoms with van der Waals surface area (Å²) in [6.07, 6.45) is 2.74. The molecule has 2 N–H and O–H groups in total. The van der Waals surface area contributed by atoms with Gasteiger partial charge < -0.3 is 10.6 Å². The Bertz CT molecular complexity index is 788. The summed E-state index contributed by atoms with van der Waals surface area (Å²) in [6, 6.07) is 5.33. The fourth-order valence-corrected chi connectivity index (χ4v) is 3.20. The zero-order valence-corrected chi connectivity index (χ0v) is 16.7. The normalized spacial score (nSPS) is 17.1. The lowest BCUT2D eigenvalue weighted by Crippen LogP contribution is -2.47. The molecular weight excluding hydrogens is 399 g/mol. The van der Waals surface area contributed by atoms with Crippen molar-refractivity contribution in [3.63, 3.8) is 0 Å². The van der Waals surface area contributed by atoms with E-state index in [-0.39, 0.29) is 11.9 Å². The van der Waals surface area contributed by atoms with Crippen molar-refractivity contribution in [1.29, 1.82) is 0 Å². The van der Waals surface area contributed by atoms with E-state index in [1.165, 1.54) is 6.07 Å². The minimum Gasteiger partial charge on any atom is -0.357 e. The Morgan fingerprint density at radius 3 is 3.00 bits per heavy atom. The quantitative estimate of drug-likeness (QED) is 0.574. The third-order valence-corrected chi connectivity index (χ3v) is 4.95. The van der Waals surface area contributed by atoms with E-state index >= 15 is 0 Å². The Labute approximate surface area is 161 Å². The SMILES string of the molecule is CCNC(=NCc1ccc(Br)c(F)c1)NC1CCc2nc(CC)nn2C1. The monoisotopic (exact) mass is 422 g/mol. The number of nitrogens with one attached hydrogen (secondary N) is 2. The molecule has 26 heavy (non-hydrogen) atoms. The number of hydrogen-bond acceptors (Lipinski definition) is 3. The van der Waals surface area contributed by atoms with Gasteiger partial charge in [-0.3, -0.25) is 0 Å². The lowest BCUT2D eigenvalue weighted by Gasteiger charge is -2.25. The number of fused-ring (bicyclic) bond motifs is 1. The van der Waals surface area contributed by atoms with Gasteiger partial charge in [-0.25, -0.2) is 19.0 Å². The van der Waals surface area contributed by atoms with Crippen LogP contribution < -0.4 is 10.6 Å². The highest BCUT2D eigenvalue weighted by Gasteiger charge is 2.22. The topological polar surface area (TPSA) is 67.1 Å². The van der Waals surface area contributed by atoms with Crippen molar-refractivity contribution in [3.8, 4) is 0 Å². The van der Waals surface area contributed by atoms with Gasteiger partial charge in [-0.15, -0.1) is 0 Å². The highest BCUT2D eigenvalue weighted by Crippen LogP contribution is 2.17. The average molecular weight is 423 g/mol. The predicted octanol–water partition coefficient (Wildman–Crippen LogP) is 2.81. The predicted molar refractivity (Wildman–Crippen MR) is 104 cm³/mol. The maximum Gasteiger partial charge on any atom is 0.191 e. The van der Waals surface area contributed by atoms with Gasteiger partial charge in [0.1, 0.15) is 11.6 Å². The third-order valence-electron chi connectivity index (χ3n) is 4.31. The van der Waals surface area contributed by atoms with Crippen LogP contribution in [0.2, 0.25) is 0 Å². The maximum absolute atomic E-state index is 13.7. The summed E-state index contributed by atoms with van der Waals surface area (Å²) >= 11 is 3.17. The second-order valence-corrected chi connectivity index (χ2v) is 7.16. The fraction of sp³-hybridized carbons (Fsp3) is 0.500. The molecule has 1 aliphatic heterocycles. The van der Waals surface area contributed by atoms with Gasteiger partial charge in [0.15, 0.2) is 11.8 Å². The smallest absolute Gasteiger partial charge is 0.191 e. The zero-order chi connectivity index (χ0) is 18.5. The molecule has 3 rings (SSSR count). The number of hydrogen-bond donors (Lipinski definition) is 2. The second kappa shape index (κ2) is 8.62. The Balaban J connectivity index is 1.65. The molecule has 1 aliphatic rings. The first-order valence-electron chi connectivity index (χ1n) is 9.00. The van der Waals surface area contributed by atoms with Crippen LogP contribution in [0.1, 0.15) is 37.5 Å². The van der Waals surface area contributed by atoms with Gasteiger partial charge >= 0.3 is 0 Å². The van der Waals surface area contributed by atoms with Crippen LogP contribution in [0.4, 0.5) is 4.39 Å². The third kappa shape index (κ3) is 4.60. The van der Waals surface area contributed by atoms with Gasteiger partial charge in [-0.2, -0.15) is 5.10 Å². The highest BCUT2D eigenvalue weighted by molar-refractivity contribution is 9.10. The highest BCUT2D eigenvalue weighted by atomic mass is 79.9. The first-order chi connectivity index (χ1) is 12.6. The number of nitrogens with zero attached hydrogens (tertiary/aromatic N) is 4. The molecular formula is C18H24BrFN6. The lowest BCUT2D eigenvalue weighted by molar-refractivity contribution is 0.392. The average Bonchev–Trinajstić information content (AvgIpc) is 3.05. The molecule has 6 nitrogen and oxygen atoms in total. The van der Waals surface area contributed by atoms with E-state index in [1.807, 2.05) is 17.7 Å². The number of guanidine groups is 1. The van der Waals surface area contributed by atoms with Gasteiger partial charge in [0.2, 0.25) is 0 Å². The summed E-state index contributed by atoms with van der Waals surface area (Å²) in [5, 5.41) is 11.3. The number of halogens is 2. The minimum absolute atomic E-state index is 0.244. The summed E-state index contributed by atoms with van der Waals surface area (Å²) in [5.74, 6) is 2.43. The molecule has 8 heteroatoms. The molecule has 0 aliphatic carbocycles. The van der Waals surface area contributed by atoms with Gasteiger partial charge in [-0.1, -0.05) is 13.0 Å². The molecule has 1 atom stereocenters. The van der Waals surface area contributed by atoms with Crippen LogP contribution in [-0.2, 0) is 25.9 Å². The van der Waals surface area contributed by atoms with Crippen molar-refractivity contribution < 1.29 is 4.39 Å². The van der Waals surface area contributed by atoms with E-state index < -0.39 is 0 Å². The number of aryl methyl sites for hydroxylation is 2. The standard InChI is InChI=1S/C18H24BrFN6/c1-3-16-24-17-8-6-13(11-26(17)25-16)23-18(21-4-2)22-10-12-5-7-14(19)15(20)9-12/h5,7,9,13H,3-4,6,8,10-11H2,1-2H3,(H2,21,22,23). The Kier molecular flexibility index (Phi) is 6.24. The van der Waals surface area contributed by atoms with E-state index in [1.54, 1.807) is 6.07 Å².